The highest BCUT2D eigenvalue weighted by atomic mass is 35.5. The van der Waals surface area contributed by atoms with E-state index in [1.165, 1.54) is 6.07 Å². The molecule has 2 aromatic rings. The molecular formula is C24H28ClFN2O4. The zero-order valence-corrected chi connectivity index (χ0v) is 19.0. The quantitative estimate of drug-likeness (QED) is 0.710. The van der Waals surface area contributed by atoms with Crippen LogP contribution in [0.2, 0.25) is 5.02 Å². The van der Waals surface area contributed by atoms with Gasteiger partial charge in [0, 0.05) is 30.2 Å². The number of rotatable bonds is 6. The highest BCUT2D eigenvalue weighted by Crippen LogP contribution is 2.33. The second-order valence-corrected chi connectivity index (χ2v) is 8.67. The maximum absolute atomic E-state index is 14.8. The molecule has 2 aromatic carbocycles. The standard InChI is InChI=1S/C24H28ClFN2O4/c1-15-13-28(8-9-31-15)21(23-19(25)4-3-5-20(23)26)12-27-24(29)17-10-16-11-18(30-2)6-7-22(16)32-14-17/h3-7,11,15,17,21H,8-10,12-14H2,1-2H3,(H,27,29). The van der Waals surface area contributed by atoms with Gasteiger partial charge in [0.05, 0.1) is 31.8 Å². The van der Waals surface area contributed by atoms with Crippen LogP contribution in [0, 0.1) is 11.7 Å². The van der Waals surface area contributed by atoms with E-state index in [1.807, 2.05) is 25.1 Å². The number of nitrogens with zero attached hydrogens (tertiary/aromatic N) is 1. The molecule has 6 nitrogen and oxygen atoms in total. The summed E-state index contributed by atoms with van der Waals surface area (Å²) in [5, 5.41) is 3.37. The van der Waals surface area contributed by atoms with Crippen LogP contribution < -0.4 is 14.8 Å². The third kappa shape index (κ3) is 5.00. The van der Waals surface area contributed by atoms with Crippen molar-refractivity contribution in [3.05, 3.63) is 58.4 Å². The van der Waals surface area contributed by atoms with Crippen molar-refractivity contribution in [2.75, 3.05) is 40.0 Å². The Morgan fingerprint density at radius 3 is 2.97 bits per heavy atom. The van der Waals surface area contributed by atoms with Gasteiger partial charge < -0.3 is 19.5 Å². The second kappa shape index (κ2) is 10.1. The van der Waals surface area contributed by atoms with Crippen molar-refractivity contribution in [1.82, 2.24) is 10.2 Å². The first-order valence-electron chi connectivity index (χ1n) is 10.8. The van der Waals surface area contributed by atoms with Crippen LogP contribution in [0.1, 0.15) is 24.1 Å². The van der Waals surface area contributed by atoms with Crippen molar-refractivity contribution in [2.45, 2.75) is 25.5 Å². The highest BCUT2D eigenvalue weighted by Gasteiger charge is 2.31. The summed E-state index contributed by atoms with van der Waals surface area (Å²) in [5.41, 5.74) is 1.34. The molecule has 8 heteroatoms. The van der Waals surface area contributed by atoms with Crippen LogP contribution in [0.25, 0.3) is 0 Å². The van der Waals surface area contributed by atoms with Crippen LogP contribution in [0.3, 0.4) is 0 Å². The van der Waals surface area contributed by atoms with Gasteiger partial charge in [-0.1, -0.05) is 17.7 Å². The van der Waals surface area contributed by atoms with Gasteiger partial charge in [0.25, 0.3) is 0 Å². The van der Waals surface area contributed by atoms with Crippen molar-refractivity contribution < 1.29 is 23.4 Å². The fourth-order valence-corrected chi connectivity index (χ4v) is 4.67. The third-order valence-corrected chi connectivity index (χ3v) is 6.39. The molecule has 32 heavy (non-hydrogen) atoms. The summed E-state index contributed by atoms with van der Waals surface area (Å²) in [6.45, 7) is 4.33. The third-order valence-electron chi connectivity index (χ3n) is 6.06. The van der Waals surface area contributed by atoms with Gasteiger partial charge in [-0.2, -0.15) is 0 Å². The molecule has 2 aliphatic heterocycles. The lowest BCUT2D eigenvalue weighted by Crippen LogP contribution is -2.48. The van der Waals surface area contributed by atoms with Gasteiger partial charge in [-0.15, -0.1) is 0 Å². The van der Waals surface area contributed by atoms with Gasteiger partial charge >= 0.3 is 0 Å². The van der Waals surface area contributed by atoms with Crippen molar-refractivity contribution in [1.29, 1.82) is 0 Å². The van der Waals surface area contributed by atoms with Gasteiger partial charge in [0.2, 0.25) is 5.91 Å². The summed E-state index contributed by atoms with van der Waals surface area (Å²) < 4.78 is 31.5. The molecule has 1 fully saturated rings. The predicted octanol–water partition coefficient (Wildman–Crippen LogP) is 3.62. The Bertz CT molecular complexity index is 953. The van der Waals surface area contributed by atoms with Gasteiger partial charge in [0.1, 0.15) is 23.9 Å². The molecule has 3 unspecified atom stereocenters. The van der Waals surface area contributed by atoms with E-state index in [4.69, 9.17) is 25.8 Å². The Labute approximate surface area is 192 Å². The van der Waals surface area contributed by atoms with Gasteiger partial charge in [-0.3, -0.25) is 9.69 Å². The number of methoxy groups -OCH3 is 1. The van der Waals surface area contributed by atoms with E-state index in [-0.39, 0.29) is 30.3 Å². The number of carbonyl (C=O) groups is 1. The van der Waals surface area contributed by atoms with Crippen LogP contribution in [0.5, 0.6) is 11.5 Å². The number of hydrogen-bond acceptors (Lipinski definition) is 5. The van der Waals surface area contributed by atoms with Gasteiger partial charge in [-0.25, -0.2) is 4.39 Å². The van der Waals surface area contributed by atoms with E-state index in [0.717, 1.165) is 17.1 Å². The maximum atomic E-state index is 14.8. The molecule has 0 bridgehead atoms. The van der Waals surface area contributed by atoms with Crippen molar-refractivity contribution in [3.63, 3.8) is 0 Å². The number of carbonyl (C=O) groups excluding carboxylic acids is 1. The Hall–Kier alpha value is -2.35. The number of fused-ring (bicyclic) bond motifs is 1. The zero-order chi connectivity index (χ0) is 22.7. The smallest absolute Gasteiger partial charge is 0.226 e. The van der Waals surface area contributed by atoms with Crippen LogP contribution in [-0.4, -0.2) is 56.9 Å². The Balaban J connectivity index is 1.48. The lowest BCUT2D eigenvalue weighted by Gasteiger charge is -2.38. The summed E-state index contributed by atoms with van der Waals surface area (Å²) in [7, 11) is 1.61. The molecular weight excluding hydrogens is 435 g/mol. The number of amides is 1. The first-order valence-corrected chi connectivity index (χ1v) is 11.2. The lowest BCUT2D eigenvalue weighted by molar-refractivity contribution is -0.126. The molecule has 0 saturated carbocycles. The molecule has 1 amide bonds. The molecule has 172 valence electrons. The largest absolute Gasteiger partial charge is 0.497 e. The van der Waals surface area contributed by atoms with E-state index in [1.54, 1.807) is 19.2 Å². The van der Waals surface area contributed by atoms with Crippen LogP contribution in [-0.2, 0) is 16.0 Å². The average Bonchev–Trinajstić information content (AvgIpc) is 2.80. The molecule has 2 aliphatic rings. The molecule has 0 radical (unpaired) electrons. The summed E-state index contributed by atoms with van der Waals surface area (Å²) in [4.78, 5) is 15.1. The monoisotopic (exact) mass is 462 g/mol. The summed E-state index contributed by atoms with van der Waals surface area (Å²) in [5.74, 6) is 0.655. The first-order chi connectivity index (χ1) is 15.5. The average molecular weight is 463 g/mol. The maximum Gasteiger partial charge on any atom is 0.226 e. The lowest BCUT2D eigenvalue weighted by atomic mass is 9.95. The molecule has 0 spiro atoms. The fourth-order valence-electron chi connectivity index (χ4n) is 4.38. The van der Waals surface area contributed by atoms with Crippen LogP contribution in [0.4, 0.5) is 4.39 Å². The molecule has 3 atom stereocenters. The molecule has 2 heterocycles. The summed E-state index contributed by atoms with van der Waals surface area (Å²) >= 11 is 6.39. The normalized spacial score (nSPS) is 21.9. The number of hydrogen-bond donors (Lipinski definition) is 1. The molecule has 0 aromatic heterocycles. The number of benzene rings is 2. The Kier molecular flexibility index (Phi) is 7.18. The van der Waals surface area contributed by atoms with E-state index >= 15 is 0 Å². The Morgan fingerprint density at radius 1 is 1.38 bits per heavy atom. The van der Waals surface area contributed by atoms with Crippen LogP contribution >= 0.6 is 11.6 Å². The van der Waals surface area contributed by atoms with Crippen LogP contribution in [0.15, 0.2) is 36.4 Å². The molecule has 4 rings (SSSR count). The highest BCUT2D eigenvalue weighted by molar-refractivity contribution is 6.31. The number of nitrogens with one attached hydrogen (secondary N) is 1. The summed E-state index contributed by atoms with van der Waals surface area (Å²) in [6.07, 6.45) is 0.573. The summed E-state index contributed by atoms with van der Waals surface area (Å²) in [6, 6.07) is 9.87. The molecule has 0 aliphatic carbocycles. The van der Waals surface area contributed by atoms with Crippen molar-refractivity contribution in [3.8, 4) is 11.5 Å². The second-order valence-electron chi connectivity index (χ2n) is 8.26. The van der Waals surface area contributed by atoms with Crippen molar-refractivity contribution in [2.24, 2.45) is 5.92 Å². The van der Waals surface area contributed by atoms with Gasteiger partial charge in [-0.05, 0) is 49.2 Å². The minimum atomic E-state index is -0.393. The van der Waals surface area contributed by atoms with E-state index < -0.39 is 6.04 Å². The predicted molar refractivity (Wildman–Crippen MR) is 120 cm³/mol. The SMILES string of the molecule is COc1ccc2c(c1)CC(C(=O)NCC(c1c(F)cccc1Cl)N1CCOC(C)C1)CO2. The topological polar surface area (TPSA) is 60.0 Å². The Morgan fingerprint density at radius 2 is 2.22 bits per heavy atom. The first kappa shape index (κ1) is 22.8. The van der Waals surface area contributed by atoms with E-state index in [0.29, 0.717) is 43.3 Å². The zero-order valence-electron chi connectivity index (χ0n) is 18.3. The van der Waals surface area contributed by atoms with Crippen molar-refractivity contribution >= 4 is 17.5 Å². The van der Waals surface area contributed by atoms with E-state index in [9.17, 15) is 9.18 Å². The fraction of sp³-hybridized carbons (Fsp3) is 0.458. The number of halogens is 2. The minimum absolute atomic E-state index is 0.0192. The minimum Gasteiger partial charge on any atom is -0.497 e. The number of ether oxygens (including phenoxy) is 3. The van der Waals surface area contributed by atoms with E-state index in [2.05, 4.69) is 10.2 Å². The van der Waals surface area contributed by atoms with Gasteiger partial charge in [0.15, 0.2) is 0 Å². The number of morpholine rings is 1. The molecule has 1 N–H and O–H groups in total. The molecule has 1 saturated heterocycles.